The van der Waals surface area contributed by atoms with Crippen molar-refractivity contribution in [2.24, 2.45) is 17.4 Å². The number of benzene rings is 2. The van der Waals surface area contributed by atoms with Crippen LogP contribution in [0.4, 0.5) is 0 Å². The summed E-state index contributed by atoms with van der Waals surface area (Å²) >= 11 is 0. The van der Waals surface area contributed by atoms with Gasteiger partial charge >= 0.3 is 5.97 Å². The summed E-state index contributed by atoms with van der Waals surface area (Å²) in [6.07, 6.45) is -0.776. The van der Waals surface area contributed by atoms with Crippen molar-refractivity contribution in [3.8, 4) is 5.75 Å². The number of carboxylic acids is 1. The third kappa shape index (κ3) is 11.8. The maximum Gasteiger partial charge on any atom is 0.305 e. The number of rotatable bonds is 16. The Labute approximate surface area is 248 Å². The molecule has 0 aliphatic heterocycles. The summed E-state index contributed by atoms with van der Waals surface area (Å²) in [5, 5.41) is 28.4. The summed E-state index contributed by atoms with van der Waals surface area (Å²) in [5.41, 5.74) is 12.6. The molecule has 0 unspecified atom stereocenters. The number of nitrogens with one attached hydrogen (secondary N) is 4. The van der Waals surface area contributed by atoms with Gasteiger partial charge in [-0.2, -0.15) is 0 Å². The number of aromatic hydroxyl groups is 1. The van der Waals surface area contributed by atoms with E-state index in [2.05, 4.69) is 21.3 Å². The maximum atomic E-state index is 13.2. The van der Waals surface area contributed by atoms with Crippen molar-refractivity contribution in [3.63, 3.8) is 0 Å². The number of carbonyl (C=O) groups is 6. The molecule has 0 saturated carbocycles. The standard InChI is InChI=1S/C29H38N6O8/c1-16(2)25(26(31)40)35-23(37)15-32-28(42)21(13-17-6-4-3-5-7-17)34-29(43)22(14-24(38)39)33-27(41)20(30)12-18-8-10-19(36)11-9-18/h3-11,16,20-22,25,36H,12-15,30H2,1-2H3,(H2,31,40)(H,32,42)(H,33,41)(H,34,43)(H,35,37)(H,38,39)/t20-,21-,22-,25-/m0/s1. The molecule has 2 aromatic carbocycles. The van der Waals surface area contributed by atoms with Crippen molar-refractivity contribution in [3.05, 3.63) is 65.7 Å². The molecular formula is C29H38N6O8. The quantitative estimate of drug-likeness (QED) is 0.114. The summed E-state index contributed by atoms with van der Waals surface area (Å²) in [4.78, 5) is 74.6. The fourth-order valence-electron chi connectivity index (χ4n) is 4.05. The normalized spacial score (nSPS) is 13.6. The predicted octanol–water partition coefficient (Wildman–Crippen LogP) is -1.31. The van der Waals surface area contributed by atoms with Gasteiger partial charge in [0.15, 0.2) is 0 Å². The van der Waals surface area contributed by atoms with Crippen LogP contribution in [0, 0.1) is 5.92 Å². The van der Waals surface area contributed by atoms with Gasteiger partial charge in [0.2, 0.25) is 29.5 Å². The molecule has 4 atom stereocenters. The van der Waals surface area contributed by atoms with Gasteiger partial charge in [-0.25, -0.2) is 0 Å². The molecule has 14 heteroatoms. The van der Waals surface area contributed by atoms with Gasteiger partial charge in [-0.3, -0.25) is 28.8 Å². The molecular weight excluding hydrogens is 560 g/mol. The van der Waals surface area contributed by atoms with Gasteiger partial charge in [0.05, 0.1) is 19.0 Å². The minimum Gasteiger partial charge on any atom is -0.508 e. The van der Waals surface area contributed by atoms with Crippen LogP contribution in [0.5, 0.6) is 5.75 Å². The molecule has 232 valence electrons. The number of carboxylic acid groups (broad SMARTS) is 1. The molecule has 14 nitrogen and oxygen atoms in total. The maximum absolute atomic E-state index is 13.2. The fourth-order valence-corrected chi connectivity index (χ4v) is 4.05. The van der Waals surface area contributed by atoms with E-state index in [-0.39, 0.29) is 24.5 Å². The van der Waals surface area contributed by atoms with E-state index >= 15 is 0 Å². The van der Waals surface area contributed by atoms with Crippen LogP contribution in [0.15, 0.2) is 54.6 Å². The van der Waals surface area contributed by atoms with E-state index in [4.69, 9.17) is 11.5 Å². The summed E-state index contributed by atoms with van der Waals surface area (Å²) in [7, 11) is 0. The van der Waals surface area contributed by atoms with Crippen molar-refractivity contribution in [2.45, 2.75) is 57.3 Å². The van der Waals surface area contributed by atoms with Crippen molar-refractivity contribution >= 4 is 35.5 Å². The molecule has 5 amide bonds. The Kier molecular flexibility index (Phi) is 13.1. The minimum absolute atomic E-state index is 0.0238. The van der Waals surface area contributed by atoms with Gasteiger partial charge in [-0.15, -0.1) is 0 Å². The third-order valence-electron chi connectivity index (χ3n) is 6.37. The van der Waals surface area contributed by atoms with E-state index in [0.717, 1.165) is 0 Å². The second-order valence-electron chi connectivity index (χ2n) is 10.3. The molecule has 0 spiro atoms. The summed E-state index contributed by atoms with van der Waals surface area (Å²) in [5.74, 6) is -5.60. The van der Waals surface area contributed by atoms with E-state index < -0.39 is 72.6 Å². The van der Waals surface area contributed by atoms with Crippen LogP contribution in [0.1, 0.15) is 31.4 Å². The first-order valence-electron chi connectivity index (χ1n) is 13.5. The number of phenolic OH excluding ortho intramolecular Hbond substituents is 1. The summed E-state index contributed by atoms with van der Waals surface area (Å²) in [6.45, 7) is 2.84. The van der Waals surface area contributed by atoms with Crippen molar-refractivity contribution < 1.29 is 39.0 Å². The first-order chi connectivity index (χ1) is 20.3. The molecule has 0 radical (unpaired) electrons. The third-order valence-corrected chi connectivity index (χ3v) is 6.37. The van der Waals surface area contributed by atoms with Crippen LogP contribution >= 0.6 is 0 Å². The molecule has 10 N–H and O–H groups in total. The molecule has 43 heavy (non-hydrogen) atoms. The fraction of sp³-hybridized carbons (Fsp3) is 0.379. The largest absolute Gasteiger partial charge is 0.508 e. The van der Waals surface area contributed by atoms with E-state index in [1.807, 2.05) is 0 Å². The number of hydrogen-bond acceptors (Lipinski definition) is 8. The number of hydrogen-bond donors (Lipinski definition) is 8. The van der Waals surface area contributed by atoms with Gasteiger partial charge in [0, 0.05) is 6.42 Å². The van der Waals surface area contributed by atoms with Crippen LogP contribution in [-0.4, -0.2) is 76.4 Å². The zero-order valence-electron chi connectivity index (χ0n) is 23.9. The smallest absolute Gasteiger partial charge is 0.305 e. The molecule has 0 saturated heterocycles. The average Bonchev–Trinajstić information content (AvgIpc) is 2.94. The summed E-state index contributed by atoms with van der Waals surface area (Å²) < 4.78 is 0. The molecule has 0 heterocycles. The van der Waals surface area contributed by atoms with Gasteiger partial charge in [0.1, 0.15) is 23.9 Å². The van der Waals surface area contributed by atoms with Crippen molar-refractivity contribution in [1.82, 2.24) is 21.3 Å². The lowest BCUT2D eigenvalue weighted by atomic mass is 10.0. The second kappa shape index (κ2) is 16.5. The van der Waals surface area contributed by atoms with Gasteiger partial charge in [-0.1, -0.05) is 56.3 Å². The van der Waals surface area contributed by atoms with E-state index in [9.17, 15) is 39.0 Å². The number of aliphatic carboxylic acids is 1. The topological polar surface area (TPSA) is 243 Å². The lowest BCUT2D eigenvalue weighted by molar-refractivity contribution is -0.141. The molecule has 0 fully saturated rings. The molecule has 0 aromatic heterocycles. The highest BCUT2D eigenvalue weighted by Gasteiger charge is 2.30. The predicted molar refractivity (Wildman–Crippen MR) is 155 cm³/mol. The molecule has 2 rings (SSSR count). The highest BCUT2D eigenvalue weighted by Crippen LogP contribution is 2.11. The number of nitrogens with two attached hydrogens (primary N) is 2. The first kappa shape index (κ1) is 34.2. The molecule has 0 aliphatic carbocycles. The lowest BCUT2D eigenvalue weighted by Crippen LogP contribution is -2.57. The Morgan fingerprint density at radius 3 is 1.91 bits per heavy atom. The average molecular weight is 599 g/mol. The van der Waals surface area contributed by atoms with Crippen LogP contribution in [-0.2, 0) is 41.6 Å². The number of primary amides is 1. The second-order valence-corrected chi connectivity index (χ2v) is 10.3. The van der Waals surface area contributed by atoms with E-state index in [1.165, 1.54) is 12.1 Å². The Morgan fingerprint density at radius 1 is 0.767 bits per heavy atom. The van der Waals surface area contributed by atoms with Gasteiger partial charge < -0.3 is 42.9 Å². The van der Waals surface area contributed by atoms with Crippen molar-refractivity contribution in [1.29, 1.82) is 0 Å². The van der Waals surface area contributed by atoms with E-state index in [0.29, 0.717) is 11.1 Å². The van der Waals surface area contributed by atoms with Crippen LogP contribution < -0.4 is 32.7 Å². The number of phenols is 1. The zero-order chi connectivity index (χ0) is 32.1. The highest BCUT2D eigenvalue weighted by atomic mass is 16.4. The minimum atomic E-state index is -1.58. The Hall–Kier alpha value is -4.98. The molecule has 0 bridgehead atoms. The lowest BCUT2D eigenvalue weighted by Gasteiger charge is -2.24. The monoisotopic (exact) mass is 598 g/mol. The van der Waals surface area contributed by atoms with E-state index in [1.54, 1.807) is 56.3 Å². The summed E-state index contributed by atoms with van der Waals surface area (Å²) in [6, 6.07) is 9.63. The Morgan fingerprint density at radius 2 is 1.35 bits per heavy atom. The highest BCUT2D eigenvalue weighted by molar-refractivity contribution is 5.96. The first-order valence-corrected chi connectivity index (χ1v) is 13.5. The van der Waals surface area contributed by atoms with Crippen molar-refractivity contribution in [2.75, 3.05) is 6.54 Å². The Balaban J connectivity index is 2.14. The SMILES string of the molecule is CC(C)[C@H](NC(=O)CNC(=O)[C@H](Cc1ccccc1)NC(=O)[C@H](CC(=O)O)NC(=O)[C@@H](N)Cc1ccc(O)cc1)C(N)=O. The number of carbonyl (C=O) groups excluding carboxylic acids is 5. The Bertz CT molecular complexity index is 1290. The van der Waals surface area contributed by atoms with Gasteiger partial charge in [0.25, 0.3) is 0 Å². The zero-order valence-corrected chi connectivity index (χ0v) is 23.9. The van der Waals surface area contributed by atoms with Crippen LogP contribution in [0.2, 0.25) is 0 Å². The van der Waals surface area contributed by atoms with Crippen LogP contribution in [0.25, 0.3) is 0 Å². The molecule has 2 aromatic rings. The number of amides is 5. The van der Waals surface area contributed by atoms with Crippen LogP contribution in [0.3, 0.4) is 0 Å². The van der Waals surface area contributed by atoms with Gasteiger partial charge in [-0.05, 0) is 35.6 Å². The molecule has 0 aliphatic rings.